The largest absolute Gasteiger partial charge is 0.478 e. The summed E-state index contributed by atoms with van der Waals surface area (Å²) < 4.78 is 0. The molecule has 8 heteroatoms. The summed E-state index contributed by atoms with van der Waals surface area (Å²) in [6, 6.07) is 0.935. The fraction of sp³-hybridized carbons (Fsp3) is 0.455. The van der Waals surface area contributed by atoms with E-state index >= 15 is 0 Å². The van der Waals surface area contributed by atoms with Gasteiger partial charge in [-0.15, -0.1) is 0 Å². The Balaban J connectivity index is 2.41. The highest BCUT2D eigenvalue weighted by molar-refractivity contribution is 5.95. The summed E-state index contributed by atoms with van der Waals surface area (Å²) in [5.74, 6) is -1.76. The van der Waals surface area contributed by atoms with Crippen LogP contribution >= 0.6 is 0 Å². The lowest BCUT2D eigenvalue weighted by atomic mass is 10.1. The van der Waals surface area contributed by atoms with Crippen molar-refractivity contribution in [2.24, 2.45) is 0 Å². The van der Waals surface area contributed by atoms with Crippen LogP contribution in [0.5, 0.6) is 0 Å². The van der Waals surface area contributed by atoms with Gasteiger partial charge in [-0.25, -0.2) is 4.79 Å². The number of aliphatic hydroxyl groups is 1. The SMILES string of the molecule is CC1(O)CCN(c2cnc([N+](=O)[O-])cc2C(=O)O)C1. The number of β-amino-alcohol motifs (C(OH)–C–C–N with tert-alkyl or cyclic N) is 1. The molecule has 1 fully saturated rings. The van der Waals surface area contributed by atoms with Crippen LogP contribution in [-0.2, 0) is 0 Å². The van der Waals surface area contributed by atoms with E-state index in [0.717, 1.165) is 6.07 Å². The molecule has 1 unspecified atom stereocenters. The number of rotatable bonds is 3. The van der Waals surface area contributed by atoms with Gasteiger partial charge in [-0.2, -0.15) is 0 Å². The van der Waals surface area contributed by atoms with Gasteiger partial charge in [0.15, 0.2) is 6.20 Å². The smallest absolute Gasteiger partial charge is 0.364 e. The van der Waals surface area contributed by atoms with Crippen LogP contribution in [0.4, 0.5) is 11.5 Å². The Morgan fingerprint density at radius 2 is 2.32 bits per heavy atom. The van der Waals surface area contributed by atoms with E-state index in [9.17, 15) is 20.0 Å². The number of nitro groups is 1. The third-order valence-corrected chi connectivity index (χ3v) is 3.08. The quantitative estimate of drug-likeness (QED) is 0.609. The Hall–Kier alpha value is -2.22. The van der Waals surface area contributed by atoms with Gasteiger partial charge in [-0.3, -0.25) is 0 Å². The normalized spacial score (nSPS) is 22.5. The number of aromatic carboxylic acids is 1. The average molecular weight is 267 g/mol. The molecule has 0 aliphatic carbocycles. The first-order valence-electron chi connectivity index (χ1n) is 5.65. The number of hydrogen-bond donors (Lipinski definition) is 2. The molecule has 2 rings (SSSR count). The van der Waals surface area contributed by atoms with Gasteiger partial charge < -0.3 is 25.2 Å². The molecular formula is C11H13N3O5. The zero-order chi connectivity index (χ0) is 14.2. The Labute approximate surface area is 108 Å². The number of carboxylic acid groups (broad SMARTS) is 1. The first kappa shape index (κ1) is 13.2. The van der Waals surface area contributed by atoms with Crippen LogP contribution in [0, 0.1) is 10.1 Å². The van der Waals surface area contributed by atoms with Gasteiger partial charge in [0.25, 0.3) is 0 Å². The zero-order valence-electron chi connectivity index (χ0n) is 10.2. The minimum atomic E-state index is -1.26. The fourth-order valence-corrected chi connectivity index (χ4v) is 2.11. The molecular weight excluding hydrogens is 254 g/mol. The van der Waals surface area contributed by atoms with Crippen molar-refractivity contribution in [3.8, 4) is 0 Å². The number of hydrogen-bond acceptors (Lipinski definition) is 6. The summed E-state index contributed by atoms with van der Waals surface area (Å²) in [5.41, 5.74) is -0.785. The molecule has 0 amide bonds. The Bertz CT molecular complexity index is 543. The summed E-state index contributed by atoms with van der Waals surface area (Å²) in [6.45, 7) is 2.41. The number of anilines is 1. The molecule has 102 valence electrons. The van der Waals surface area contributed by atoms with E-state index in [0.29, 0.717) is 13.0 Å². The standard InChI is InChI=1S/C11H13N3O5/c1-11(17)2-3-13(6-11)8-5-12-9(14(18)19)4-7(8)10(15)16/h4-5,17H,2-3,6H2,1H3,(H,15,16). The third kappa shape index (κ3) is 2.63. The van der Waals surface area contributed by atoms with Gasteiger partial charge in [0.05, 0.1) is 22.9 Å². The van der Waals surface area contributed by atoms with Gasteiger partial charge in [0.2, 0.25) is 0 Å². The number of nitrogens with zero attached hydrogens (tertiary/aromatic N) is 3. The van der Waals surface area contributed by atoms with Crippen molar-refractivity contribution in [1.82, 2.24) is 4.98 Å². The summed E-state index contributed by atoms with van der Waals surface area (Å²) in [5, 5.41) is 29.6. The van der Waals surface area contributed by atoms with Gasteiger partial charge in [0.1, 0.15) is 0 Å². The lowest BCUT2D eigenvalue weighted by Crippen LogP contribution is -2.30. The molecule has 0 spiro atoms. The second kappa shape index (κ2) is 4.47. The monoisotopic (exact) mass is 267 g/mol. The van der Waals surface area contributed by atoms with E-state index in [1.165, 1.54) is 6.20 Å². The molecule has 1 aliphatic heterocycles. The highest BCUT2D eigenvalue weighted by Crippen LogP contribution is 2.30. The molecule has 1 aromatic heterocycles. The van der Waals surface area contributed by atoms with Crippen molar-refractivity contribution in [2.75, 3.05) is 18.0 Å². The Morgan fingerprint density at radius 1 is 1.63 bits per heavy atom. The number of carboxylic acids is 1. The minimum absolute atomic E-state index is 0.181. The minimum Gasteiger partial charge on any atom is -0.478 e. The maximum atomic E-state index is 11.2. The highest BCUT2D eigenvalue weighted by atomic mass is 16.6. The van der Waals surface area contributed by atoms with Crippen LogP contribution in [0.1, 0.15) is 23.7 Å². The van der Waals surface area contributed by atoms with E-state index in [4.69, 9.17) is 5.11 Å². The number of pyridine rings is 1. The van der Waals surface area contributed by atoms with Crippen molar-refractivity contribution >= 4 is 17.5 Å². The lowest BCUT2D eigenvalue weighted by Gasteiger charge is -2.20. The van der Waals surface area contributed by atoms with Crippen LogP contribution in [0.15, 0.2) is 12.3 Å². The van der Waals surface area contributed by atoms with Gasteiger partial charge in [0, 0.05) is 13.1 Å². The average Bonchev–Trinajstić information content (AvgIpc) is 2.68. The molecule has 0 radical (unpaired) electrons. The summed E-state index contributed by atoms with van der Waals surface area (Å²) in [6.07, 6.45) is 1.67. The summed E-state index contributed by atoms with van der Waals surface area (Å²) in [4.78, 5) is 26.3. The molecule has 1 saturated heterocycles. The first-order valence-corrected chi connectivity index (χ1v) is 5.65. The van der Waals surface area contributed by atoms with Crippen molar-refractivity contribution in [3.63, 3.8) is 0 Å². The van der Waals surface area contributed by atoms with Crippen LogP contribution in [-0.4, -0.2) is 44.8 Å². The molecule has 1 aromatic rings. The van der Waals surface area contributed by atoms with Gasteiger partial charge in [-0.05, 0) is 23.3 Å². The molecule has 2 N–H and O–H groups in total. The van der Waals surface area contributed by atoms with Crippen molar-refractivity contribution < 1.29 is 19.9 Å². The Kier molecular flexibility index (Phi) is 3.11. The van der Waals surface area contributed by atoms with Crippen LogP contribution in [0.25, 0.3) is 0 Å². The van der Waals surface area contributed by atoms with Crippen LogP contribution < -0.4 is 4.90 Å². The van der Waals surface area contributed by atoms with Crippen molar-refractivity contribution in [1.29, 1.82) is 0 Å². The molecule has 0 aromatic carbocycles. The number of aromatic nitrogens is 1. The maximum absolute atomic E-state index is 11.2. The third-order valence-electron chi connectivity index (χ3n) is 3.08. The summed E-state index contributed by atoms with van der Waals surface area (Å²) in [7, 11) is 0. The van der Waals surface area contributed by atoms with E-state index in [1.807, 2.05) is 0 Å². The molecule has 0 bridgehead atoms. The van der Waals surface area contributed by atoms with Crippen molar-refractivity contribution in [2.45, 2.75) is 18.9 Å². The van der Waals surface area contributed by atoms with Gasteiger partial charge >= 0.3 is 11.8 Å². The predicted octanol–water partition coefficient (Wildman–Crippen LogP) is 0.649. The summed E-state index contributed by atoms with van der Waals surface area (Å²) >= 11 is 0. The van der Waals surface area contributed by atoms with Gasteiger partial charge in [-0.1, -0.05) is 0 Å². The fourth-order valence-electron chi connectivity index (χ4n) is 2.11. The second-order valence-electron chi connectivity index (χ2n) is 4.79. The molecule has 0 saturated carbocycles. The topological polar surface area (TPSA) is 117 Å². The number of carbonyl (C=O) groups is 1. The van der Waals surface area contributed by atoms with Crippen molar-refractivity contribution in [3.05, 3.63) is 27.9 Å². The molecule has 1 atom stereocenters. The second-order valence-corrected chi connectivity index (χ2v) is 4.79. The van der Waals surface area contributed by atoms with Crippen LogP contribution in [0.2, 0.25) is 0 Å². The lowest BCUT2D eigenvalue weighted by molar-refractivity contribution is -0.389. The first-order chi connectivity index (χ1) is 8.80. The molecule has 1 aliphatic rings. The Morgan fingerprint density at radius 3 is 2.79 bits per heavy atom. The zero-order valence-corrected chi connectivity index (χ0v) is 10.2. The van der Waals surface area contributed by atoms with E-state index in [-0.39, 0.29) is 17.8 Å². The molecule has 2 heterocycles. The predicted molar refractivity (Wildman–Crippen MR) is 65.3 cm³/mol. The van der Waals surface area contributed by atoms with E-state index < -0.39 is 22.3 Å². The van der Waals surface area contributed by atoms with E-state index in [1.54, 1.807) is 11.8 Å². The molecule has 8 nitrogen and oxygen atoms in total. The molecule has 19 heavy (non-hydrogen) atoms. The highest BCUT2D eigenvalue weighted by Gasteiger charge is 2.34. The van der Waals surface area contributed by atoms with Crippen LogP contribution in [0.3, 0.4) is 0 Å². The maximum Gasteiger partial charge on any atom is 0.364 e. The van der Waals surface area contributed by atoms with E-state index in [2.05, 4.69) is 4.98 Å².